The van der Waals surface area contributed by atoms with E-state index in [4.69, 9.17) is 8.83 Å². The molecule has 0 atom stereocenters. The molecule has 280 valence electrons. The van der Waals surface area contributed by atoms with Crippen molar-refractivity contribution in [2.45, 2.75) is 0 Å². The van der Waals surface area contributed by atoms with Crippen molar-refractivity contribution in [2.24, 2.45) is 0 Å². The van der Waals surface area contributed by atoms with Crippen molar-refractivity contribution in [2.75, 3.05) is 4.90 Å². The van der Waals surface area contributed by atoms with Gasteiger partial charge in [0.25, 0.3) is 0 Å². The van der Waals surface area contributed by atoms with E-state index in [1.54, 1.807) is 0 Å². The number of anilines is 3. The lowest BCUT2D eigenvalue weighted by molar-refractivity contribution is 0.663. The summed E-state index contributed by atoms with van der Waals surface area (Å²) in [5.74, 6) is 0. The average molecular weight is 784 g/mol. The first-order valence-corrected chi connectivity index (χ1v) is 21.1. The number of rotatable bonds is 5. The summed E-state index contributed by atoms with van der Waals surface area (Å²) in [6, 6.07) is 72.1. The third-order valence-electron chi connectivity index (χ3n) is 12.2. The molecule has 0 radical (unpaired) electrons. The molecule has 13 aromatic rings. The van der Waals surface area contributed by atoms with Crippen LogP contribution in [0.3, 0.4) is 0 Å². The van der Waals surface area contributed by atoms with Crippen LogP contribution in [-0.2, 0) is 0 Å². The smallest absolute Gasteiger partial charge is 0.147 e. The summed E-state index contributed by atoms with van der Waals surface area (Å²) in [6.07, 6.45) is 0. The van der Waals surface area contributed by atoms with E-state index >= 15 is 0 Å². The van der Waals surface area contributed by atoms with E-state index in [0.29, 0.717) is 0 Å². The van der Waals surface area contributed by atoms with Crippen LogP contribution in [0.1, 0.15) is 0 Å². The van der Waals surface area contributed by atoms with Gasteiger partial charge in [0.2, 0.25) is 0 Å². The quantitative estimate of drug-likeness (QED) is 0.174. The Morgan fingerprint density at radius 3 is 1.82 bits per heavy atom. The zero-order valence-electron chi connectivity index (χ0n) is 32.2. The van der Waals surface area contributed by atoms with Crippen LogP contribution < -0.4 is 4.90 Å². The fourth-order valence-corrected chi connectivity index (χ4v) is 10.6. The SMILES string of the molecule is c1ccc2cc(-c3ccc(N(c4ccc(-c5cccc6oc7ccc8c9ccccc9oc8c7c56)cc4)c4cccc5c4sc4cc6ccccc6cc45)cc3)ccc2c1. The minimum absolute atomic E-state index is 0.822. The van der Waals surface area contributed by atoms with Crippen molar-refractivity contribution < 1.29 is 8.83 Å². The lowest BCUT2D eigenvalue weighted by Crippen LogP contribution is -2.10. The van der Waals surface area contributed by atoms with Gasteiger partial charge in [0.15, 0.2) is 0 Å². The molecule has 13 rings (SSSR count). The van der Waals surface area contributed by atoms with E-state index in [-0.39, 0.29) is 0 Å². The van der Waals surface area contributed by atoms with Gasteiger partial charge < -0.3 is 13.7 Å². The Balaban J connectivity index is 0.976. The molecule has 10 aromatic carbocycles. The van der Waals surface area contributed by atoms with E-state index in [2.05, 4.69) is 193 Å². The van der Waals surface area contributed by atoms with Crippen molar-refractivity contribution >= 4 is 114 Å². The van der Waals surface area contributed by atoms with Crippen molar-refractivity contribution in [3.8, 4) is 22.3 Å². The summed E-state index contributed by atoms with van der Waals surface area (Å²) in [5, 5.41) is 11.8. The lowest BCUT2D eigenvalue weighted by atomic mass is 9.98. The third kappa shape index (κ3) is 5.08. The highest BCUT2D eigenvalue weighted by Gasteiger charge is 2.21. The third-order valence-corrected chi connectivity index (χ3v) is 13.4. The van der Waals surface area contributed by atoms with Crippen molar-refractivity contribution in [1.29, 1.82) is 0 Å². The molecule has 0 saturated heterocycles. The normalized spacial score (nSPS) is 12.0. The average Bonchev–Trinajstić information content (AvgIpc) is 4.00. The van der Waals surface area contributed by atoms with Crippen LogP contribution in [0.15, 0.2) is 209 Å². The maximum atomic E-state index is 6.54. The van der Waals surface area contributed by atoms with Gasteiger partial charge in [0, 0.05) is 43.0 Å². The molecule has 0 amide bonds. The first kappa shape index (κ1) is 33.3. The van der Waals surface area contributed by atoms with E-state index in [1.807, 2.05) is 23.5 Å². The predicted octanol–water partition coefficient (Wildman–Crippen LogP) is 17.0. The van der Waals surface area contributed by atoms with Crippen molar-refractivity contribution in [3.05, 3.63) is 200 Å². The summed E-state index contributed by atoms with van der Waals surface area (Å²) in [6.45, 7) is 0. The summed E-state index contributed by atoms with van der Waals surface area (Å²) < 4.78 is 15.6. The molecule has 0 aliphatic carbocycles. The molecular formula is C56H33NO2S. The van der Waals surface area contributed by atoms with Gasteiger partial charge in [0.1, 0.15) is 22.3 Å². The van der Waals surface area contributed by atoms with Gasteiger partial charge in [-0.3, -0.25) is 0 Å². The maximum absolute atomic E-state index is 6.54. The molecule has 0 aliphatic rings. The largest absolute Gasteiger partial charge is 0.456 e. The molecule has 3 nitrogen and oxygen atoms in total. The van der Waals surface area contributed by atoms with Crippen LogP contribution in [0.25, 0.3) is 108 Å². The minimum atomic E-state index is 0.822. The number of hydrogen-bond donors (Lipinski definition) is 0. The second-order valence-electron chi connectivity index (χ2n) is 15.6. The Morgan fingerprint density at radius 2 is 1.00 bits per heavy atom. The monoisotopic (exact) mass is 783 g/mol. The number of benzene rings is 10. The minimum Gasteiger partial charge on any atom is -0.456 e. The number of furan rings is 2. The van der Waals surface area contributed by atoms with Gasteiger partial charge in [0.05, 0.1) is 15.8 Å². The predicted molar refractivity (Wildman–Crippen MR) is 254 cm³/mol. The second kappa shape index (κ2) is 12.9. The Hall–Kier alpha value is -7.66. The fraction of sp³-hybridized carbons (Fsp3) is 0. The van der Waals surface area contributed by atoms with Gasteiger partial charge in [-0.2, -0.15) is 0 Å². The fourth-order valence-electron chi connectivity index (χ4n) is 9.36. The Morgan fingerprint density at radius 1 is 0.367 bits per heavy atom. The van der Waals surface area contributed by atoms with Crippen LogP contribution in [0.2, 0.25) is 0 Å². The molecule has 0 spiro atoms. The zero-order valence-corrected chi connectivity index (χ0v) is 33.0. The molecule has 0 fully saturated rings. The molecule has 3 heterocycles. The summed E-state index contributed by atoms with van der Waals surface area (Å²) in [7, 11) is 0. The van der Waals surface area contributed by atoms with Crippen LogP contribution in [0, 0.1) is 0 Å². The van der Waals surface area contributed by atoms with Crippen LogP contribution in [-0.4, -0.2) is 0 Å². The standard InChI is InChI=1S/C56H33NO2S/c1-2-10-37-31-40(20-19-34(37)9-1)35-21-25-41(26-22-35)57(48-16-7-15-46-47-32-38-11-3-4-12-39(38)33-52(47)60-56(46)48)42-27-23-36(24-28-42)43-14-8-18-50-53(43)54-51(58-50)30-29-45-44-13-5-6-17-49(44)59-55(45)54/h1-33H. The van der Waals surface area contributed by atoms with Gasteiger partial charge >= 0.3 is 0 Å². The Kier molecular flexibility index (Phi) is 7.18. The molecule has 4 heteroatoms. The van der Waals surface area contributed by atoms with Crippen molar-refractivity contribution in [1.82, 2.24) is 0 Å². The van der Waals surface area contributed by atoms with E-state index in [9.17, 15) is 0 Å². The topological polar surface area (TPSA) is 29.5 Å². The van der Waals surface area contributed by atoms with Crippen LogP contribution >= 0.6 is 11.3 Å². The van der Waals surface area contributed by atoms with E-state index < -0.39 is 0 Å². The lowest BCUT2D eigenvalue weighted by Gasteiger charge is -2.26. The van der Waals surface area contributed by atoms with E-state index in [1.165, 1.54) is 52.8 Å². The van der Waals surface area contributed by atoms with Gasteiger partial charge in [-0.1, -0.05) is 127 Å². The summed E-state index contributed by atoms with van der Waals surface area (Å²) in [4.78, 5) is 2.41. The number of thiophene rings is 1. The Bertz CT molecular complexity index is 3830. The highest BCUT2D eigenvalue weighted by atomic mass is 32.1. The number of fused-ring (bicyclic) bond motifs is 12. The highest BCUT2D eigenvalue weighted by molar-refractivity contribution is 7.26. The number of para-hydroxylation sites is 1. The maximum Gasteiger partial charge on any atom is 0.147 e. The van der Waals surface area contributed by atoms with E-state index in [0.717, 1.165) is 72.1 Å². The summed E-state index contributed by atoms with van der Waals surface area (Å²) in [5.41, 5.74) is 11.3. The highest BCUT2D eigenvalue weighted by Crippen LogP contribution is 2.47. The Labute approximate surface area is 348 Å². The zero-order chi connectivity index (χ0) is 39.3. The molecule has 0 bridgehead atoms. The molecule has 0 N–H and O–H groups in total. The second-order valence-corrected chi connectivity index (χ2v) is 16.7. The van der Waals surface area contributed by atoms with Crippen LogP contribution in [0.4, 0.5) is 17.1 Å². The number of nitrogens with zero attached hydrogens (tertiary/aromatic N) is 1. The molecule has 0 unspecified atom stereocenters. The number of hydrogen-bond acceptors (Lipinski definition) is 4. The van der Waals surface area contributed by atoms with Crippen LogP contribution in [0.5, 0.6) is 0 Å². The summed E-state index contributed by atoms with van der Waals surface area (Å²) >= 11 is 1.87. The molecule has 3 aromatic heterocycles. The van der Waals surface area contributed by atoms with Gasteiger partial charge in [-0.05, 0) is 117 Å². The first-order chi connectivity index (χ1) is 29.7. The van der Waals surface area contributed by atoms with Gasteiger partial charge in [-0.25, -0.2) is 0 Å². The van der Waals surface area contributed by atoms with Crippen molar-refractivity contribution in [3.63, 3.8) is 0 Å². The molecule has 0 saturated carbocycles. The molecule has 0 aliphatic heterocycles. The van der Waals surface area contributed by atoms with Gasteiger partial charge in [-0.15, -0.1) is 11.3 Å². The molecular weight excluding hydrogens is 751 g/mol. The first-order valence-electron chi connectivity index (χ1n) is 20.3. The molecule has 60 heavy (non-hydrogen) atoms.